The normalized spacial score (nSPS) is 12.2. The SMILES string of the molecule is CCOCC(OC(=O)c1ccc(OC(=O)c2ccc(-c3ccc(C)cc3)cc2)cc1)C(F)(F)F.CCOCC(OC(=O)c1ccc(OC(=O)c2ccc(-c3ccc(C)cc3)cc2)cc1F)C(F)(F)F.COCC(OC(=O)c1cc(F)c(OC(=O)c2ccc(-c3ccc(C)c(F)c3)cc2)cc1F)C(F)(F)F. The van der Waals surface area contributed by atoms with Crippen LogP contribution in [0, 0.1) is 44.0 Å². The molecular formula is C77H63F13O15. The van der Waals surface area contributed by atoms with Crippen LogP contribution in [0.25, 0.3) is 33.4 Å². The fourth-order valence-corrected chi connectivity index (χ4v) is 9.07. The van der Waals surface area contributed by atoms with Crippen molar-refractivity contribution >= 4 is 35.8 Å². The van der Waals surface area contributed by atoms with Gasteiger partial charge in [-0.05, 0) is 158 Å². The first-order chi connectivity index (χ1) is 49.6. The molecule has 0 N–H and O–H groups in total. The molecule has 3 unspecified atom stereocenters. The molecule has 0 amide bonds. The molecule has 0 bridgehead atoms. The highest BCUT2D eigenvalue weighted by Gasteiger charge is 2.45. The fraction of sp³-hybridized carbons (Fsp3) is 0.221. The first kappa shape index (κ1) is 81.1. The Morgan fingerprint density at radius 1 is 0.333 bits per heavy atom. The van der Waals surface area contributed by atoms with Crippen LogP contribution in [0.15, 0.2) is 194 Å². The molecule has 9 aromatic rings. The average molecular weight is 1480 g/mol. The van der Waals surface area contributed by atoms with E-state index < -0.39 is 133 Å². The highest BCUT2D eigenvalue weighted by Crippen LogP contribution is 2.32. The second-order valence-corrected chi connectivity index (χ2v) is 22.6. The van der Waals surface area contributed by atoms with E-state index in [1.165, 1.54) is 68.4 Å². The molecule has 9 aromatic carbocycles. The highest BCUT2D eigenvalue weighted by molar-refractivity contribution is 5.95. The number of alkyl halides is 9. The zero-order chi connectivity index (χ0) is 76.9. The molecular weight excluding hydrogens is 1410 g/mol. The van der Waals surface area contributed by atoms with Crippen molar-refractivity contribution in [3.63, 3.8) is 0 Å². The second-order valence-electron chi connectivity index (χ2n) is 22.6. The van der Waals surface area contributed by atoms with Crippen LogP contribution < -0.4 is 14.2 Å². The Kier molecular flexibility index (Phi) is 28.4. The Balaban J connectivity index is 0.000000220. The van der Waals surface area contributed by atoms with Gasteiger partial charge in [0.1, 0.15) is 29.0 Å². The Morgan fingerprint density at radius 2 is 0.676 bits per heavy atom. The van der Waals surface area contributed by atoms with Gasteiger partial charge in [0.2, 0.25) is 18.3 Å². The van der Waals surface area contributed by atoms with Crippen LogP contribution in [0.1, 0.15) is 92.7 Å². The fourth-order valence-electron chi connectivity index (χ4n) is 9.07. The van der Waals surface area contributed by atoms with Gasteiger partial charge in [-0.2, -0.15) is 39.5 Å². The summed E-state index contributed by atoms with van der Waals surface area (Å²) in [6.45, 7) is 5.88. The molecule has 3 atom stereocenters. The van der Waals surface area contributed by atoms with Crippen LogP contribution in [0.5, 0.6) is 17.2 Å². The van der Waals surface area contributed by atoms with Crippen LogP contribution in [0.3, 0.4) is 0 Å². The van der Waals surface area contributed by atoms with Crippen molar-refractivity contribution < 1.29 is 128 Å². The summed E-state index contributed by atoms with van der Waals surface area (Å²) in [4.78, 5) is 73.4. The first-order valence-corrected chi connectivity index (χ1v) is 31.4. The van der Waals surface area contributed by atoms with Gasteiger partial charge in [-0.3, -0.25) is 0 Å². The molecule has 28 heteroatoms. The van der Waals surface area contributed by atoms with Crippen molar-refractivity contribution in [1.29, 1.82) is 0 Å². The van der Waals surface area contributed by atoms with Gasteiger partial charge in [0.25, 0.3) is 0 Å². The van der Waals surface area contributed by atoms with Gasteiger partial charge in [-0.15, -0.1) is 0 Å². The lowest BCUT2D eigenvalue weighted by Crippen LogP contribution is -2.38. The minimum atomic E-state index is -5.00. The molecule has 9 rings (SSSR count). The largest absolute Gasteiger partial charge is 0.447 e. The van der Waals surface area contributed by atoms with Gasteiger partial charge in [-0.1, -0.05) is 108 Å². The Labute approximate surface area is 591 Å². The molecule has 0 spiro atoms. The lowest BCUT2D eigenvalue weighted by molar-refractivity contribution is -0.217. The summed E-state index contributed by atoms with van der Waals surface area (Å²) in [7, 11) is 0.936. The second kappa shape index (κ2) is 36.8. The van der Waals surface area contributed by atoms with Crippen molar-refractivity contribution in [3.05, 3.63) is 267 Å². The topological polar surface area (TPSA) is 185 Å². The molecule has 0 radical (unpaired) electrons. The van der Waals surface area contributed by atoms with Crippen molar-refractivity contribution in [3.8, 4) is 50.6 Å². The third-order valence-electron chi connectivity index (χ3n) is 14.9. The molecule has 0 fully saturated rings. The van der Waals surface area contributed by atoms with Crippen molar-refractivity contribution in [2.75, 3.05) is 40.1 Å². The van der Waals surface area contributed by atoms with Crippen LogP contribution in [0.4, 0.5) is 57.1 Å². The van der Waals surface area contributed by atoms with Gasteiger partial charge in [0.15, 0.2) is 11.6 Å². The van der Waals surface area contributed by atoms with Crippen LogP contribution in [-0.4, -0.2) is 113 Å². The number of carbonyl (C=O) groups excluding carboxylic acids is 6. The molecule has 0 aliphatic heterocycles. The van der Waals surface area contributed by atoms with Crippen molar-refractivity contribution in [2.24, 2.45) is 0 Å². The molecule has 0 saturated carbocycles. The van der Waals surface area contributed by atoms with Crippen molar-refractivity contribution in [1.82, 2.24) is 0 Å². The minimum Gasteiger partial charge on any atom is -0.447 e. The Morgan fingerprint density at radius 3 is 1.09 bits per heavy atom. The summed E-state index contributed by atoms with van der Waals surface area (Å²) >= 11 is 0. The minimum absolute atomic E-state index is 0.0206. The summed E-state index contributed by atoms with van der Waals surface area (Å²) in [5.74, 6) is -12.4. The third kappa shape index (κ3) is 23.7. The summed E-state index contributed by atoms with van der Waals surface area (Å²) in [5, 5.41) is 0. The lowest BCUT2D eigenvalue weighted by Gasteiger charge is -2.20. The number of halogens is 13. The highest BCUT2D eigenvalue weighted by atomic mass is 19.4. The molecule has 105 heavy (non-hydrogen) atoms. The number of aryl methyl sites for hydroxylation is 3. The zero-order valence-electron chi connectivity index (χ0n) is 56.3. The quantitative estimate of drug-likeness (QED) is 0.0255. The number of hydrogen-bond donors (Lipinski definition) is 0. The molecule has 0 aromatic heterocycles. The molecule has 0 aliphatic carbocycles. The molecule has 0 aliphatic rings. The first-order valence-electron chi connectivity index (χ1n) is 31.4. The molecule has 552 valence electrons. The van der Waals surface area contributed by atoms with E-state index in [-0.39, 0.29) is 47.5 Å². The molecule has 0 saturated heterocycles. The van der Waals surface area contributed by atoms with E-state index in [9.17, 15) is 85.8 Å². The van der Waals surface area contributed by atoms with Gasteiger partial charge in [-0.25, -0.2) is 46.3 Å². The number of carbonyl (C=O) groups is 6. The van der Waals surface area contributed by atoms with Gasteiger partial charge in [0.05, 0.1) is 53.2 Å². The van der Waals surface area contributed by atoms with Crippen LogP contribution >= 0.6 is 0 Å². The van der Waals surface area contributed by atoms with E-state index >= 15 is 0 Å². The van der Waals surface area contributed by atoms with Gasteiger partial charge < -0.3 is 42.6 Å². The monoisotopic (exact) mass is 1470 g/mol. The van der Waals surface area contributed by atoms with E-state index in [2.05, 4.69) is 23.7 Å². The van der Waals surface area contributed by atoms with Crippen molar-refractivity contribution in [2.45, 2.75) is 71.5 Å². The zero-order valence-corrected chi connectivity index (χ0v) is 56.3. The van der Waals surface area contributed by atoms with Gasteiger partial charge >= 0.3 is 54.3 Å². The molecule has 15 nitrogen and oxygen atoms in total. The lowest BCUT2D eigenvalue weighted by atomic mass is 10.0. The van der Waals surface area contributed by atoms with Gasteiger partial charge in [0, 0.05) is 32.5 Å². The molecule has 0 heterocycles. The van der Waals surface area contributed by atoms with Crippen LogP contribution in [0.2, 0.25) is 0 Å². The standard InChI is InChI=1S/C26H22F4O5.C26H23F3O5.C25H18F6O5/c1-3-33-15-23(26(28,29)30)35-25(32)21-13-12-20(14-22(21)27)34-24(31)19-10-8-18(9-11-19)17-6-4-16(2)5-7-17;1-3-32-16-23(26(27,28)29)34-25(31)21-12-14-22(15-13-21)33-24(30)20-10-8-19(9-11-20)18-6-4-17(2)5-7-18;1-13-3-4-16(9-18(13)26)14-5-7-15(8-6-14)23(32)35-21-11-19(27)17(10-20(21)28)24(33)36-22(12-34-2)25(29,30)31/h4-14,23H,3,15H2,1-2H3;4-15,23H,3,16H2,1-2H3;3-11,22H,12H2,1-2H3. The average Bonchev–Trinajstić information content (AvgIpc) is 0.816. The maximum atomic E-state index is 14.4. The summed E-state index contributed by atoms with van der Waals surface area (Å²) in [5.41, 5.74) is 6.15. The number of rotatable bonds is 23. The summed E-state index contributed by atoms with van der Waals surface area (Å²) in [6, 6.07) is 47.8. The van der Waals surface area contributed by atoms with Crippen LogP contribution in [-0.2, 0) is 28.4 Å². The van der Waals surface area contributed by atoms with E-state index in [0.717, 1.165) is 58.7 Å². The third-order valence-corrected chi connectivity index (χ3v) is 14.9. The number of benzene rings is 9. The number of esters is 6. The number of methoxy groups -OCH3 is 1. The Bertz CT molecular complexity index is 4450. The smallest absolute Gasteiger partial charge is 0.427 e. The maximum absolute atomic E-state index is 14.4. The number of ether oxygens (including phenoxy) is 9. The predicted octanol–water partition coefficient (Wildman–Crippen LogP) is 18.2. The van der Waals surface area contributed by atoms with E-state index in [1.54, 1.807) is 67.6 Å². The van der Waals surface area contributed by atoms with E-state index in [0.29, 0.717) is 28.3 Å². The maximum Gasteiger partial charge on any atom is 0.427 e. The van der Waals surface area contributed by atoms with E-state index in [4.69, 9.17) is 18.9 Å². The summed E-state index contributed by atoms with van der Waals surface area (Å²) in [6.07, 6.45) is -22.3. The Hall–Kier alpha value is -11.2. The predicted molar refractivity (Wildman–Crippen MR) is 355 cm³/mol. The van der Waals surface area contributed by atoms with E-state index in [1.807, 2.05) is 62.4 Å². The summed E-state index contributed by atoms with van der Waals surface area (Å²) < 4.78 is 216. The number of hydrogen-bond acceptors (Lipinski definition) is 15.